The molecule has 8 heteroatoms. The molecule has 5 rings (SSSR count). The minimum absolute atomic E-state index is 0.00669. The third-order valence-corrected chi connectivity index (χ3v) is 8.81. The molecule has 0 amide bonds. The minimum atomic E-state index is -1.23. The lowest BCUT2D eigenvalue weighted by Crippen LogP contribution is -2.66. The number of cyclic esters (lactones) is 1. The van der Waals surface area contributed by atoms with Crippen LogP contribution in [-0.2, 0) is 33.3 Å². The molecule has 0 radical (unpaired) electrons. The van der Waals surface area contributed by atoms with Gasteiger partial charge in [0.25, 0.3) is 0 Å². The molecule has 36 heavy (non-hydrogen) atoms. The number of carbonyl (C=O) groups is 2. The molecule has 3 bridgehead atoms. The second-order valence-corrected chi connectivity index (χ2v) is 11.3. The first-order chi connectivity index (χ1) is 17.2. The Kier molecular flexibility index (Phi) is 7.15. The fraction of sp³-hybridized carbons (Fsp3) is 0.714. The third kappa shape index (κ3) is 4.80. The molecule has 6 unspecified atom stereocenters. The Morgan fingerprint density at radius 1 is 1.11 bits per heavy atom. The summed E-state index contributed by atoms with van der Waals surface area (Å²) in [5, 5.41) is 10.7. The minimum Gasteiger partial charge on any atom is -0.463 e. The fourth-order valence-electron chi connectivity index (χ4n) is 6.47. The van der Waals surface area contributed by atoms with Crippen molar-refractivity contribution in [3.63, 3.8) is 0 Å². The lowest BCUT2D eigenvalue weighted by molar-refractivity contribution is -0.240. The zero-order valence-electron chi connectivity index (χ0n) is 21.4. The van der Waals surface area contributed by atoms with Gasteiger partial charge in [0, 0.05) is 30.4 Å². The van der Waals surface area contributed by atoms with Crippen LogP contribution in [0.25, 0.3) is 0 Å². The van der Waals surface area contributed by atoms with Crippen molar-refractivity contribution >= 4 is 11.9 Å². The molecule has 1 N–H and O–H groups in total. The Bertz CT molecular complexity index is 949. The summed E-state index contributed by atoms with van der Waals surface area (Å²) in [6.45, 7) is 6.92. The van der Waals surface area contributed by atoms with E-state index in [1.54, 1.807) is 12.2 Å². The SMILES string of the molecule is CC1=CC2O[C@@H]3CC4CC(C35CO5)[C@]2(CC1)COC(=O)[C@@H](O)C(C)CCOC(C)/C=C/C=C\C(=O)O4. The van der Waals surface area contributed by atoms with Crippen molar-refractivity contribution in [3.8, 4) is 0 Å². The molecule has 2 spiro atoms. The van der Waals surface area contributed by atoms with E-state index in [1.807, 2.05) is 19.9 Å². The molecule has 3 fully saturated rings. The standard InChI is InChI=1S/C28H38O8/c1-17-8-10-27-15-33-26(31)25(30)18(2)9-11-32-19(3)6-4-5-7-24(29)35-20-13-21(27)28(16-34-28)23(14-20)36-22(27)12-17/h4-7,12,18-23,25,30H,8-11,13-16H2,1-3H3/b6-4+,7-5-/t18?,19?,20?,21?,22?,23-,25+,27+,28?/m1/s1. The summed E-state index contributed by atoms with van der Waals surface area (Å²) in [6, 6.07) is 0. The van der Waals surface area contributed by atoms with Crippen LogP contribution in [0.4, 0.5) is 0 Å². The molecule has 2 saturated heterocycles. The smallest absolute Gasteiger partial charge is 0.335 e. The lowest BCUT2D eigenvalue weighted by atomic mass is 9.54. The van der Waals surface area contributed by atoms with Gasteiger partial charge >= 0.3 is 11.9 Å². The maximum absolute atomic E-state index is 12.9. The Labute approximate surface area is 212 Å². The summed E-state index contributed by atoms with van der Waals surface area (Å²) in [7, 11) is 0. The normalized spacial score (nSPS) is 47.3. The maximum atomic E-state index is 12.9. The van der Waals surface area contributed by atoms with Crippen molar-refractivity contribution < 1.29 is 38.4 Å². The van der Waals surface area contributed by atoms with Gasteiger partial charge in [0.15, 0.2) is 6.10 Å². The van der Waals surface area contributed by atoms with Crippen LogP contribution in [0.15, 0.2) is 36.0 Å². The number of allylic oxidation sites excluding steroid dienone is 3. The van der Waals surface area contributed by atoms with Gasteiger partial charge in [-0.2, -0.15) is 0 Å². The Morgan fingerprint density at radius 3 is 2.69 bits per heavy atom. The van der Waals surface area contributed by atoms with Crippen LogP contribution < -0.4 is 0 Å². The Balaban J connectivity index is 1.44. The van der Waals surface area contributed by atoms with Crippen molar-refractivity contribution in [1.29, 1.82) is 0 Å². The molecule has 198 valence electrons. The summed E-state index contributed by atoms with van der Waals surface area (Å²) in [5.74, 6) is -1.32. The third-order valence-electron chi connectivity index (χ3n) is 8.81. The van der Waals surface area contributed by atoms with E-state index in [0.29, 0.717) is 32.5 Å². The van der Waals surface area contributed by atoms with Crippen LogP contribution in [0, 0.1) is 17.3 Å². The summed E-state index contributed by atoms with van der Waals surface area (Å²) >= 11 is 0. The first-order valence-electron chi connectivity index (χ1n) is 13.2. The van der Waals surface area contributed by atoms with Gasteiger partial charge in [-0.05, 0) is 45.4 Å². The molecule has 3 heterocycles. The molecular weight excluding hydrogens is 464 g/mol. The lowest BCUT2D eigenvalue weighted by Gasteiger charge is -2.58. The number of aliphatic hydroxyl groups excluding tert-OH is 1. The summed E-state index contributed by atoms with van der Waals surface area (Å²) in [6.07, 6.45) is 10.1. The summed E-state index contributed by atoms with van der Waals surface area (Å²) < 4.78 is 30.1. The molecule has 9 atom stereocenters. The first kappa shape index (κ1) is 25.6. The van der Waals surface area contributed by atoms with Gasteiger partial charge in [0.2, 0.25) is 0 Å². The number of fused-ring (bicyclic) bond motifs is 1. The number of rotatable bonds is 0. The van der Waals surface area contributed by atoms with E-state index in [1.165, 1.54) is 11.6 Å². The number of ether oxygens (including phenoxy) is 5. The van der Waals surface area contributed by atoms with E-state index in [0.717, 1.165) is 12.8 Å². The highest BCUT2D eigenvalue weighted by Crippen LogP contribution is 2.63. The Hall–Kier alpha value is -2.00. The average molecular weight is 503 g/mol. The second kappa shape index (κ2) is 10.0. The maximum Gasteiger partial charge on any atom is 0.335 e. The first-order valence-corrected chi connectivity index (χ1v) is 13.2. The van der Waals surface area contributed by atoms with E-state index in [-0.39, 0.29) is 42.9 Å². The number of hydrogen-bond acceptors (Lipinski definition) is 8. The van der Waals surface area contributed by atoms with Crippen LogP contribution in [0.3, 0.4) is 0 Å². The quantitative estimate of drug-likeness (QED) is 0.306. The summed E-state index contributed by atoms with van der Waals surface area (Å²) in [5.41, 5.74) is 0.319. The zero-order valence-corrected chi connectivity index (χ0v) is 21.4. The highest BCUT2D eigenvalue weighted by atomic mass is 16.6. The van der Waals surface area contributed by atoms with Gasteiger partial charge in [-0.15, -0.1) is 0 Å². The van der Waals surface area contributed by atoms with E-state index in [9.17, 15) is 14.7 Å². The van der Waals surface area contributed by atoms with Crippen LogP contribution in [0.1, 0.15) is 52.9 Å². The van der Waals surface area contributed by atoms with Crippen molar-refractivity contribution in [2.75, 3.05) is 19.8 Å². The predicted molar refractivity (Wildman–Crippen MR) is 130 cm³/mol. The van der Waals surface area contributed by atoms with Gasteiger partial charge in [0.1, 0.15) is 18.3 Å². The largest absolute Gasteiger partial charge is 0.463 e. The molecule has 3 aliphatic heterocycles. The Morgan fingerprint density at radius 2 is 1.92 bits per heavy atom. The summed E-state index contributed by atoms with van der Waals surface area (Å²) in [4.78, 5) is 25.5. The van der Waals surface area contributed by atoms with Crippen molar-refractivity contribution in [3.05, 3.63) is 36.0 Å². The number of carbonyl (C=O) groups excluding carboxylic acids is 2. The van der Waals surface area contributed by atoms with Crippen LogP contribution in [-0.4, -0.2) is 73.0 Å². The van der Waals surface area contributed by atoms with Crippen LogP contribution in [0.5, 0.6) is 0 Å². The average Bonchev–Trinajstić information content (AvgIpc) is 3.62. The van der Waals surface area contributed by atoms with Crippen molar-refractivity contribution in [2.45, 2.75) is 89.0 Å². The van der Waals surface area contributed by atoms with Crippen LogP contribution >= 0.6 is 0 Å². The molecule has 8 nitrogen and oxygen atoms in total. The molecule has 0 aromatic heterocycles. The van der Waals surface area contributed by atoms with Gasteiger partial charge in [-0.1, -0.05) is 36.8 Å². The molecule has 0 aromatic rings. The topological polar surface area (TPSA) is 104 Å². The monoisotopic (exact) mass is 502 g/mol. The van der Waals surface area contributed by atoms with Gasteiger partial charge in [-0.25, -0.2) is 9.59 Å². The van der Waals surface area contributed by atoms with E-state index in [2.05, 4.69) is 13.0 Å². The van der Waals surface area contributed by atoms with E-state index >= 15 is 0 Å². The number of hydrogen-bond donors (Lipinski definition) is 1. The zero-order chi connectivity index (χ0) is 25.5. The molecule has 2 aliphatic carbocycles. The fourth-order valence-corrected chi connectivity index (χ4v) is 6.47. The number of aliphatic hydroxyl groups is 1. The molecule has 5 aliphatic rings. The predicted octanol–water partition coefficient (Wildman–Crippen LogP) is 3.03. The molecule has 1 saturated carbocycles. The number of esters is 2. The van der Waals surface area contributed by atoms with Gasteiger partial charge < -0.3 is 28.8 Å². The molecule has 0 aromatic carbocycles. The highest BCUT2D eigenvalue weighted by molar-refractivity contribution is 5.82. The molecular formula is C28H38O8. The van der Waals surface area contributed by atoms with Gasteiger partial charge in [-0.3, -0.25) is 0 Å². The number of epoxide rings is 1. The van der Waals surface area contributed by atoms with E-state index < -0.39 is 29.1 Å². The van der Waals surface area contributed by atoms with E-state index in [4.69, 9.17) is 23.7 Å². The van der Waals surface area contributed by atoms with Gasteiger partial charge in [0.05, 0.1) is 24.9 Å². The van der Waals surface area contributed by atoms with Crippen LogP contribution in [0.2, 0.25) is 0 Å². The highest BCUT2D eigenvalue weighted by Gasteiger charge is 2.72. The van der Waals surface area contributed by atoms with Crippen molar-refractivity contribution in [2.24, 2.45) is 17.3 Å². The van der Waals surface area contributed by atoms with Crippen molar-refractivity contribution in [1.82, 2.24) is 0 Å². The second-order valence-electron chi connectivity index (χ2n) is 11.3.